The van der Waals surface area contributed by atoms with Gasteiger partial charge in [0.25, 0.3) is 5.91 Å². The van der Waals surface area contributed by atoms with Gasteiger partial charge in [0, 0.05) is 36.2 Å². The molecule has 1 fully saturated rings. The summed E-state index contributed by atoms with van der Waals surface area (Å²) < 4.78 is 0. The molecule has 1 aromatic heterocycles. The standard InChI is InChI=1S/C17H18ClN3O/c18-16-12-13(8-9-19-16)17(22)20-14-4-6-15(7-5-14)21-10-2-1-3-11-21/h4-9,12H,1-3,10-11H2,(H,20,22). The lowest BCUT2D eigenvalue weighted by Gasteiger charge is -2.28. The number of piperidine rings is 1. The van der Waals surface area contributed by atoms with Crippen molar-refractivity contribution in [1.29, 1.82) is 0 Å². The topological polar surface area (TPSA) is 45.2 Å². The van der Waals surface area contributed by atoms with E-state index in [0.717, 1.165) is 18.8 Å². The van der Waals surface area contributed by atoms with Crippen LogP contribution in [-0.4, -0.2) is 24.0 Å². The van der Waals surface area contributed by atoms with E-state index in [0.29, 0.717) is 10.7 Å². The van der Waals surface area contributed by atoms with E-state index in [2.05, 4.69) is 27.3 Å². The highest BCUT2D eigenvalue weighted by molar-refractivity contribution is 6.29. The Kier molecular flexibility index (Phi) is 4.59. The van der Waals surface area contributed by atoms with Crippen LogP contribution in [0.5, 0.6) is 0 Å². The smallest absolute Gasteiger partial charge is 0.255 e. The van der Waals surface area contributed by atoms with Gasteiger partial charge in [-0.3, -0.25) is 4.79 Å². The zero-order chi connectivity index (χ0) is 15.4. The maximum atomic E-state index is 12.1. The molecule has 0 bridgehead atoms. The minimum Gasteiger partial charge on any atom is -0.372 e. The molecule has 0 atom stereocenters. The van der Waals surface area contributed by atoms with Gasteiger partial charge in [-0.25, -0.2) is 4.98 Å². The van der Waals surface area contributed by atoms with Crippen molar-refractivity contribution >= 4 is 28.9 Å². The molecule has 1 aliphatic heterocycles. The van der Waals surface area contributed by atoms with Crippen LogP contribution in [0.2, 0.25) is 5.15 Å². The summed E-state index contributed by atoms with van der Waals surface area (Å²) in [4.78, 5) is 18.4. The lowest BCUT2D eigenvalue weighted by Crippen LogP contribution is -2.29. The average molecular weight is 316 g/mol. The van der Waals surface area contributed by atoms with E-state index >= 15 is 0 Å². The number of nitrogens with zero attached hydrogens (tertiary/aromatic N) is 2. The fourth-order valence-electron chi connectivity index (χ4n) is 2.65. The second kappa shape index (κ2) is 6.79. The highest BCUT2D eigenvalue weighted by Gasteiger charge is 2.11. The number of carbonyl (C=O) groups is 1. The number of hydrogen-bond donors (Lipinski definition) is 1. The van der Waals surface area contributed by atoms with E-state index in [1.54, 1.807) is 12.1 Å². The molecule has 114 valence electrons. The zero-order valence-electron chi connectivity index (χ0n) is 12.3. The number of benzene rings is 1. The molecule has 2 heterocycles. The molecule has 5 heteroatoms. The van der Waals surface area contributed by atoms with Gasteiger partial charge in [0.05, 0.1) is 0 Å². The Hall–Kier alpha value is -2.07. The maximum Gasteiger partial charge on any atom is 0.255 e. The quantitative estimate of drug-likeness (QED) is 0.871. The Morgan fingerprint density at radius 1 is 1.09 bits per heavy atom. The van der Waals surface area contributed by atoms with Crippen LogP contribution in [0.4, 0.5) is 11.4 Å². The molecule has 0 radical (unpaired) electrons. The Balaban J connectivity index is 1.66. The van der Waals surface area contributed by atoms with Crippen molar-refractivity contribution in [3.63, 3.8) is 0 Å². The SMILES string of the molecule is O=C(Nc1ccc(N2CCCCC2)cc1)c1ccnc(Cl)c1. The second-order valence-electron chi connectivity index (χ2n) is 5.42. The highest BCUT2D eigenvalue weighted by atomic mass is 35.5. The monoisotopic (exact) mass is 315 g/mol. The van der Waals surface area contributed by atoms with E-state index in [9.17, 15) is 4.79 Å². The number of hydrogen-bond acceptors (Lipinski definition) is 3. The maximum absolute atomic E-state index is 12.1. The lowest BCUT2D eigenvalue weighted by molar-refractivity contribution is 0.102. The summed E-state index contributed by atoms with van der Waals surface area (Å²) in [6.45, 7) is 2.22. The van der Waals surface area contributed by atoms with Crippen LogP contribution in [-0.2, 0) is 0 Å². The third-order valence-electron chi connectivity index (χ3n) is 3.84. The minimum atomic E-state index is -0.185. The molecule has 3 rings (SSSR count). The third kappa shape index (κ3) is 3.57. The summed E-state index contributed by atoms with van der Waals surface area (Å²) in [7, 11) is 0. The largest absolute Gasteiger partial charge is 0.372 e. The van der Waals surface area contributed by atoms with Crippen LogP contribution in [0.15, 0.2) is 42.6 Å². The van der Waals surface area contributed by atoms with Crippen LogP contribution in [0.3, 0.4) is 0 Å². The van der Waals surface area contributed by atoms with Crippen LogP contribution >= 0.6 is 11.6 Å². The molecule has 4 nitrogen and oxygen atoms in total. The van der Waals surface area contributed by atoms with Crippen molar-refractivity contribution in [2.24, 2.45) is 0 Å². The predicted molar refractivity (Wildman–Crippen MR) is 89.7 cm³/mol. The molecule has 1 saturated heterocycles. The minimum absolute atomic E-state index is 0.185. The number of amides is 1. The van der Waals surface area contributed by atoms with Crippen molar-refractivity contribution in [2.75, 3.05) is 23.3 Å². The number of halogens is 1. The van der Waals surface area contributed by atoms with E-state index in [1.165, 1.54) is 31.1 Å². The molecular formula is C17H18ClN3O. The van der Waals surface area contributed by atoms with Gasteiger partial charge in [-0.2, -0.15) is 0 Å². The number of carbonyl (C=O) groups excluding carboxylic acids is 1. The number of nitrogens with one attached hydrogen (secondary N) is 1. The Morgan fingerprint density at radius 2 is 1.82 bits per heavy atom. The van der Waals surface area contributed by atoms with E-state index < -0.39 is 0 Å². The normalized spacial score (nSPS) is 14.7. The van der Waals surface area contributed by atoms with Crippen molar-refractivity contribution in [3.8, 4) is 0 Å². The second-order valence-corrected chi connectivity index (χ2v) is 5.80. The van der Waals surface area contributed by atoms with Crippen molar-refractivity contribution in [3.05, 3.63) is 53.3 Å². The lowest BCUT2D eigenvalue weighted by atomic mass is 10.1. The van der Waals surface area contributed by atoms with Crippen LogP contribution in [0.1, 0.15) is 29.6 Å². The molecule has 22 heavy (non-hydrogen) atoms. The van der Waals surface area contributed by atoms with Crippen LogP contribution in [0.25, 0.3) is 0 Å². The summed E-state index contributed by atoms with van der Waals surface area (Å²) in [5.74, 6) is -0.185. The van der Waals surface area contributed by atoms with E-state index in [4.69, 9.17) is 11.6 Å². The summed E-state index contributed by atoms with van der Waals surface area (Å²) in [6.07, 6.45) is 5.35. The summed E-state index contributed by atoms with van der Waals surface area (Å²) in [5, 5.41) is 3.18. The van der Waals surface area contributed by atoms with Gasteiger partial charge in [-0.05, 0) is 55.7 Å². The average Bonchev–Trinajstić information content (AvgIpc) is 2.56. The molecule has 0 saturated carbocycles. The molecule has 1 aliphatic rings. The molecule has 0 aliphatic carbocycles. The first-order valence-electron chi connectivity index (χ1n) is 7.50. The van der Waals surface area contributed by atoms with Crippen molar-refractivity contribution in [2.45, 2.75) is 19.3 Å². The van der Waals surface area contributed by atoms with Gasteiger partial charge in [0.15, 0.2) is 0 Å². The summed E-state index contributed by atoms with van der Waals surface area (Å²) in [6, 6.07) is 11.2. The highest BCUT2D eigenvalue weighted by Crippen LogP contribution is 2.22. The third-order valence-corrected chi connectivity index (χ3v) is 4.04. The summed E-state index contributed by atoms with van der Waals surface area (Å²) in [5.41, 5.74) is 2.49. The van der Waals surface area contributed by atoms with E-state index in [-0.39, 0.29) is 5.91 Å². The first kappa shape index (κ1) is 14.9. The van der Waals surface area contributed by atoms with Crippen molar-refractivity contribution < 1.29 is 4.79 Å². The molecule has 0 unspecified atom stereocenters. The molecule has 2 aromatic rings. The number of anilines is 2. The first-order chi connectivity index (χ1) is 10.7. The van der Waals surface area contributed by atoms with Gasteiger partial charge >= 0.3 is 0 Å². The Labute approximate surface area is 135 Å². The first-order valence-corrected chi connectivity index (χ1v) is 7.88. The van der Waals surface area contributed by atoms with Crippen molar-refractivity contribution in [1.82, 2.24) is 4.98 Å². The molecule has 1 N–H and O–H groups in total. The summed E-state index contributed by atoms with van der Waals surface area (Å²) >= 11 is 5.80. The fraction of sp³-hybridized carbons (Fsp3) is 0.294. The fourth-order valence-corrected chi connectivity index (χ4v) is 2.83. The molecule has 1 amide bonds. The Morgan fingerprint density at radius 3 is 2.50 bits per heavy atom. The van der Waals surface area contributed by atoms with Gasteiger partial charge in [0.1, 0.15) is 5.15 Å². The zero-order valence-corrected chi connectivity index (χ0v) is 13.0. The number of aromatic nitrogens is 1. The number of rotatable bonds is 3. The number of pyridine rings is 1. The molecular weight excluding hydrogens is 298 g/mol. The van der Waals surface area contributed by atoms with Crippen LogP contribution in [0, 0.1) is 0 Å². The van der Waals surface area contributed by atoms with Crippen LogP contribution < -0.4 is 10.2 Å². The predicted octanol–water partition coefficient (Wildman–Crippen LogP) is 3.98. The van der Waals surface area contributed by atoms with Gasteiger partial charge in [-0.1, -0.05) is 11.6 Å². The van der Waals surface area contributed by atoms with E-state index in [1.807, 2.05) is 12.1 Å². The Bertz CT molecular complexity index is 651. The van der Waals surface area contributed by atoms with Gasteiger partial charge in [0.2, 0.25) is 0 Å². The molecule has 1 aromatic carbocycles. The van der Waals surface area contributed by atoms with Gasteiger partial charge < -0.3 is 10.2 Å². The molecule has 0 spiro atoms. The van der Waals surface area contributed by atoms with Gasteiger partial charge in [-0.15, -0.1) is 0 Å².